The van der Waals surface area contributed by atoms with Crippen molar-refractivity contribution in [2.75, 3.05) is 20.8 Å². The SMILES string of the molecule is COc1c(OCCCCCC(=O)O)cc2c(c1OC)C1=C(CCC1)C(=NN=C(N)N)CC2. The van der Waals surface area contributed by atoms with Gasteiger partial charge in [0.1, 0.15) is 0 Å². The maximum atomic E-state index is 10.7. The molecule has 0 aliphatic heterocycles. The number of hydrogen-bond acceptors (Lipinski definition) is 6. The maximum absolute atomic E-state index is 10.7. The number of nitrogens with two attached hydrogens (primary N) is 2. The van der Waals surface area contributed by atoms with Crippen molar-refractivity contribution in [3.8, 4) is 17.2 Å². The second kappa shape index (κ2) is 10.9. The summed E-state index contributed by atoms with van der Waals surface area (Å²) in [6.07, 6.45) is 6.71. The zero-order chi connectivity index (χ0) is 23.1. The van der Waals surface area contributed by atoms with E-state index in [1.54, 1.807) is 14.2 Å². The quantitative estimate of drug-likeness (QED) is 0.218. The monoisotopic (exact) mass is 444 g/mol. The summed E-state index contributed by atoms with van der Waals surface area (Å²) < 4.78 is 17.6. The lowest BCUT2D eigenvalue weighted by Gasteiger charge is -2.20. The molecular weight excluding hydrogens is 412 g/mol. The molecule has 0 radical (unpaired) electrons. The highest BCUT2D eigenvalue weighted by molar-refractivity contribution is 6.09. The van der Waals surface area contributed by atoms with E-state index < -0.39 is 5.97 Å². The number of aryl methyl sites for hydroxylation is 1. The van der Waals surface area contributed by atoms with Gasteiger partial charge in [0.15, 0.2) is 11.5 Å². The largest absolute Gasteiger partial charge is 0.492 e. The number of carbonyl (C=O) groups is 1. The number of hydrogen-bond donors (Lipinski definition) is 3. The Morgan fingerprint density at radius 2 is 1.78 bits per heavy atom. The number of ether oxygens (including phenoxy) is 3. The molecule has 1 aromatic rings. The van der Waals surface area contributed by atoms with Crippen LogP contribution < -0.4 is 25.7 Å². The van der Waals surface area contributed by atoms with Gasteiger partial charge in [0.25, 0.3) is 0 Å². The molecule has 0 saturated carbocycles. The van der Waals surface area contributed by atoms with Crippen LogP contribution in [0.15, 0.2) is 21.8 Å². The highest BCUT2D eigenvalue weighted by Crippen LogP contribution is 2.50. The summed E-state index contributed by atoms with van der Waals surface area (Å²) >= 11 is 0. The summed E-state index contributed by atoms with van der Waals surface area (Å²) in [5.74, 6) is 1.04. The van der Waals surface area contributed by atoms with Crippen LogP contribution in [0.1, 0.15) is 62.5 Å². The summed E-state index contributed by atoms with van der Waals surface area (Å²) in [4.78, 5) is 10.7. The summed E-state index contributed by atoms with van der Waals surface area (Å²) in [7, 11) is 3.25. The molecule has 0 bridgehead atoms. The molecule has 9 heteroatoms. The number of guanidine groups is 1. The number of methoxy groups -OCH3 is 2. The Hall–Kier alpha value is -3.23. The van der Waals surface area contributed by atoms with Crippen LogP contribution in [0.5, 0.6) is 17.2 Å². The third-order valence-electron chi connectivity index (χ3n) is 5.77. The van der Waals surface area contributed by atoms with Gasteiger partial charge in [-0.15, -0.1) is 5.10 Å². The Kier molecular flexibility index (Phi) is 7.97. The number of nitrogens with zero attached hydrogens (tertiary/aromatic N) is 2. The van der Waals surface area contributed by atoms with Crippen molar-refractivity contribution in [1.29, 1.82) is 0 Å². The van der Waals surface area contributed by atoms with E-state index in [9.17, 15) is 4.79 Å². The Morgan fingerprint density at radius 1 is 1.03 bits per heavy atom. The number of carboxylic acid groups (broad SMARTS) is 1. The normalized spacial score (nSPS) is 16.2. The van der Waals surface area contributed by atoms with Crippen molar-refractivity contribution in [3.05, 3.63) is 22.8 Å². The number of unbranched alkanes of at least 4 members (excludes halogenated alkanes) is 2. The smallest absolute Gasteiger partial charge is 0.303 e. The maximum Gasteiger partial charge on any atom is 0.303 e. The zero-order valence-corrected chi connectivity index (χ0v) is 18.8. The molecule has 2 aliphatic carbocycles. The zero-order valence-electron chi connectivity index (χ0n) is 18.8. The van der Waals surface area contributed by atoms with Gasteiger partial charge in [0.2, 0.25) is 11.7 Å². The van der Waals surface area contributed by atoms with Gasteiger partial charge in [0, 0.05) is 12.0 Å². The second-order valence-electron chi connectivity index (χ2n) is 7.91. The lowest BCUT2D eigenvalue weighted by Crippen LogP contribution is -2.22. The van der Waals surface area contributed by atoms with Gasteiger partial charge in [-0.25, -0.2) is 0 Å². The number of rotatable bonds is 10. The van der Waals surface area contributed by atoms with Gasteiger partial charge in [-0.2, -0.15) is 5.10 Å². The molecule has 0 heterocycles. The van der Waals surface area contributed by atoms with E-state index in [0.29, 0.717) is 36.7 Å². The van der Waals surface area contributed by atoms with Crippen molar-refractivity contribution >= 4 is 23.2 Å². The van der Waals surface area contributed by atoms with Gasteiger partial charge in [0.05, 0.1) is 26.5 Å². The summed E-state index contributed by atoms with van der Waals surface area (Å²) in [5.41, 5.74) is 16.4. The van der Waals surface area contributed by atoms with Crippen LogP contribution in [-0.4, -0.2) is 43.6 Å². The van der Waals surface area contributed by atoms with Crippen molar-refractivity contribution in [2.45, 2.75) is 57.8 Å². The minimum Gasteiger partial charge on any atom is -0.492 e. The van der Waals surface area contributed by atoms with E-state index in [2.05, 4.69) is 10.2 Å². The Morgan fingerprint density at radius 3 is 2.47 bits per heavy atom. The molecule has 0 atom stereocenters. The molecule has 0 amide bonds. The third-order valence-corrected chi connectivity index (χ3v) is 5.77. The standard InChI is InChI=1S/C23H32N4O5/c1-30-21-18(32-12-5-3-4-9-19(28)29)13-14-10-11-17(26-27-23(24)25)15-7-6-8-16(15)20(14)22(21)31-2/h13H,3-12H2,1-2H3,(H,28,29)(H4,24,25,27). The van der Waals surface area contributed by atoms with Crippen molar-refractivity contribution in [2.24, 2.45) is 21.7 Å². The Bertz CT molecular complexity index is 948. The minimum absolute atomic E-state index is 0.0577. The topological polar surface area (TPSA) is 142 Å². The highest BCUT2D eigenvalue weighted by Gasteiger charge is 2.31. The van der Waals surface area contributed by atoms with Crippen molar-refractivity contribution in [1.82, 2.24) is 0 Å². The van der Waals surface area contributed by atoms with Gasteiger partial charge >= 0.3 is 5.97 Å². The average molecular weight is 445 g/mol. The molecule has 0 saturated heterocycles. The number of carboxylic acids is 1. The molecule has 5 N–H and O–H groups in total. The van der Waals surface area contributed by atoms with Crippen LogP contribution in [0, 0.1) is 0 Å². The van der Waals surface area contributed by atoms with Crippen LogP contribution in [0.2, 0.25) is 0 Å². The third kappa shape index (κ3) is 5.33. The predicted molar refractivity (Wildman–Crippen MR) is 123 cm³/mol. The predicted octanol–water partition coefficient (Wildman–Crippen LogP) is 3.24. The molecule has 0 spiro atoms. The van der Waals surface area contributed by atoms with E-state index in [1.807, 2.05) is 6.07 Å². The number of benzene rings is 1. The van der Waals surface area contributed by atoms with Crippen LogP contribution in [0.25, 0.3) is 5.57 Å². The second-order valence-corrected chi connectivity index (χ2v) is 7.91. The molecule has 174 valence electrons. The lowest BCUT2D eigenvalue weighted by molar-refractivity contribution is -0.137. The summed E-state index contributed by atoms with van der Waals surface area (Å²) in [6, 6.07) is 2.03. The van der Waals surface area contributed by atoms with Gasteiger partial charge < -0.3 is 30.8 Å². The van der Waals surface area contributed by atoms with E-state index in [-0.39, 0.29) is 12.4 Å². The number of fused-ring (bicyclic) bond motifs is 2. The molecule has 0 unspecified atom stereocenters. The molecular formula is C23H32N4O5. The van der Waals surface area contributed by atoms with E-state index in [0.717, 1.165) is 55.4 Å². The van der Waals surface area contributed by atoms with Crippen molar-refractivity contribution in [3.63, 3.8) is 0 Å². The molecule has 2 aliphatic rings. The first-order valence-electron chi connectivity index (χ1n) is 11.0. The number of aliphatic carboxylic acids is 1. The van der Waals surface area contributed by atoms with E-state index >= 15 is 0 Å². The Labute approximate surface area is 188 Å². The molecule has 0 fully saturated rings. The fourth-order valence-electron chi connectivity index (χ4n) is 4.40. The van der Waals surface area contributed by atoms with Crippen LogP contribution in [0.4, 0.5) is 0 Å². The van der Waals surface area contributed by atoms with Gasteiger partial charge in [-0.05, 0) is 74.1 Å². The lowest BCUT2D eigenvalue weighted by atomic mass is 9.95. The Balaban J connectivity index is 1.91. The highest BCUT2D eigenvalue weighted by atomic mass is 16.5. The molecule has 1 aromatic carbocycles. The fourth-order valence-corrected chi connectivity index (χ4v) is 4.40. The molecule has 32 heavy (non-hydrogen) atoms. The first-order valence-corrected chi connectivity index (χ1v) is 11.0. The van der Waals surface area contributed by atoms with Gasteiger partial charge in [-0.1, -0.05) is 0 Å². The van der Waals surface area contributed by atoms with E-state index in [1.165, 1.54) is 11.1 Å². The summed E-state index contributed by atoms with van der Waals surface area (Å²) in [6.45, 7) is 0.475. The summed E-state index contributed by atoms with van der Waals surface area (Å²) in [5, 5.41) is 17.0. The average Bonchev–Trinajstić information content (AvgIpc) is 3.18. The molecule has 0 aromatic heterocycles. The first kappa shape index (κ1) is 23.4. The van der Waals surface area contributed by atoms with Crippen LogP contribution >= 0.6 is 0 Å². The van der Waals surface area contributed by atoms with Crippen molar-refractivity contribution < 1.29 is 24.1 Å². The van der Waals surface area contributed by atoms with Gasteiger partial charge in [-0.3, -0.25) is 4.79 Å². The molecule has 9 nitrogen and oxygen atoms in total. The number of allylic oxidation sites excluding steroid dienone is 2. The minimum atomic E-state index is -0.772. The van der Waals surface area contributed by atoms with Crippen LogP contribution in [0.3, 0.4) is 0 Å². The molecule has 3 rings (SSSR count). The fraction of sp³-hybridized carbons (Fsp3) is 0.522. The first-order chi connectivity index (χ1) is 15.5. The van der Waals surface area contributed by atoms with E-state index in [4.69, 9.17) is 30.8 Å². The van der Waals surface area contributed by atoms with Crippen LogP contribution in [-0.2, 0) is 11.2 Å².